The van der Waals surface area contributed by atoms with E-state index in [1.54, 1.807) is 0 Å². The van der Waals surface area contributed by atoms with Gasteiger partial charge in [0.1, 0.15) is 0 Å². The van der Waals surface area contributed by atoms with Crippen LogP contribution in [0.3, 0.4) is 0 Å². The fraction of sp³-hybridized carbons (Fsp3) is 1.00. The summed E-state index contributed by atoms with van der Waals surface area (Å²) in [7, 11) is 0. The van der Waals surface area contributed by atoms with Crippen molar-refractivity contribution < 1.29 is 0 Å². The Kier molecular flexibility index (Phi) is 21.8. The number of hydrogen-bond acceptors (Lipinski definition) is 0. The van der Waals surface area contributed by atoms with Gasteiger partial charge in [-0.1, -0.05) is 13.3 Å². The number of halogens is 1. The van der Waals surface area contributed by atoms with E-state index < -0.39 is 5.96 Å². The van der Waals surface area contributed by atoms with Crippen molar-refractivity contribution in [3.8, 4) is 0 Å². The molecule has 0 nitrogen and oxygen atoms in total. The molecule has 0 N–H and O–H groups in total. The van der Waals surface area contributed by atoms with Crippen LogP contribution in [-0.2, 0) is 0 Å². The molecule has 0 aromatic carbocycles. The Labute approximate surface area is 204 Å². The molecule has 0 aromatic heterocycles. The zero-order chi connectivity index (χ0) is 23.1. The quantitative estimate of drug-likeness (QED) is 0.0906. The van der Waals surface area contributed by atoms with Gasteiger partial charge < -0.3 is 0 Å². The maximum atomic E-state index is 7.87. The zero-order valence-corrected chi connectivity index (χ0v) is 24.2. The first kappa shape index (κ1) is 31.7. The first-order valence-electron chi connectivity index (χ1n) is 14.8. The minimum atomic E-state index is -2.02. The van der Waals surface area contributed by atoms with Crippen LogP contribution in [0.1, 0.15) is 163 Å². The molecule has 2 heteroatoms. The van der Waals surface area contributed by atoms with Gasteiger partial charge in [0.2, 0.25) is 0 Å². The van der Waals surface area contributed by atoms with Gasteiger partial charge in [-0.15, -0.1) is 0 Å². The van der Waals surface area contributed by atoms with Crippen LogP contribution in [0.5, 0.6) is 0 Å². The molecule has 0 aliphatic rings. The van der Waals surface area contributed by atoms with Gasteiger partial charge in [-0.05, 0) is 0 Å². The predicted octanol–water partition coefficient (Wildman–Crippen LogP) is 12.0. The van der Waals surface area contributed by atoms with Crippen LogP contribution in [0.25, 0.3) is 0 Å². The molecular weight excluding hydrogens is 415 g/mol. The van der Waals surface area contributed by atoms with Gasteiger partial charge in [0.05, 0.1) is 0 Å². The third-order valence-electron chi connectivity index (χ3n) is 7.53. The molecule has 0 amide bonds. The van der Waals surface area contributed by atoms with Gasteiger partial charge in [0.15, 0.2) is 0 Å². The molecule has 0 saturated heterocycles. The molecule has 0 fully saturated rings. The fourth-order valence-electron chi connectivity index (χ4n) is 5.29. The van der Waals surface area contributed by atoms with E-state index in [1.807, 2.05) is 0 Å². The van der Waals surface area contributed by atoms with Crippen LogP contribution in [0, 0.1) is 0 Å². The minimum absolute atomic E-state index is 1.33. The van der Waals surface area contributed by atoms with Crippen molar-refractivity contribution >= 4 is 17.2 Å². The maximum absolute atomic E-state index is 7.87. The molecule has 0 unspecified atom stereocenters. The molecule has 0 aliphatic heterocycles. The van der Waals surface area contributed by atoms with Crippen LogP contribution in [0.15, 0.2) is 0 Å². The first-order valence-corrected chi connectivity index (χ1v) is 18.6. The summed E-state index contributed by atoms with van der Waals surface area (Å²) in [4.78, 5) is 0. The van der Waals surface area contributed by atoms with Crippen molar-refractivity contribution in [2.24, 2.45) is 0 Å². The Hall–Kier alpha value is 0.720. The molecule has 0 spiro atoms. The second-order valence-electron chi connectivity index (χ2n) is 10.7. The van der Waals surface area contributed by atoms with Gasteiger partial charge in [-0.25, -0.2) is 0 Å². The molecule has 0 aromatic rings. The number of unbranched alkanes of at least 4 members (excludes halogenated alkanes) is 17. The zero-order valence-electron chi connectivity index (χ0n) is 22.5. The van der Waals surface area contributed by atoms with Crippen molar-refractivity contribution in [2.75, 3.05) is 24.6 Å². The monoisotopic (exact) mass is 476 g/mol. The summed E-state index contributed by atoms with van der Waals surface area (Å²) in [6.07, 6.45) is 35.1. The summed E-state index contributed by atoms with van der Waals surface area (Å²) in [6.45, 7) is 9.31. The van der Waals surface area contributed by atoms with Crippen molar-refractivity contribution in [1.29, 1.82) is 0 Å². The molecule has 0 heterocycles. The van der Waals surface area contributed by atoms with Gasteiger partial charge in [0.25, 0.3) is 0 Å². The van der Waals surface area contributed by atoms with Crippen LogP contribution in [0.2, 0.25) is 0 Å². The van der Waals surface area contributed by atoms with Crippen molar-refractivity contribution in [3.05, 3.63) is 0 Å². The van der Waals surface area contributed by atoms with E-state index in [9.17, 15) is 0 Å². The van der Waals surface area contributed by atoms with E-state index in [2.05, 4.69) is 27.7 Å². The molecular formula is C29H62ClP. The van der Waals surface area contributed by atoms with Crippen LogP contribution < -0.4 is 0 Å². The van der Waals surface area contributed by atoms with Crippen molar-refractivity contribution in [3.63, 3.8) is 0 Å². The van der Waals surface area contributed by atoms with Crippen LogP contribution in [0.4, 0.5) is 0 Å². The summed E-state index contributed by atoms with van der Waals surface area (Å²) in [5.74, 6) is -2.02. The predicted molar refractivity (Wildman–Crippen MR) is 152 cm³/mol. The third-order valence-corrected chi connectivity index (χ3v) is 15.3. The Bertz CT molecular complexity index is 338. The van der Waals surface area contributed by atoms with Gasteiger partial charge in [0, 0.05) is 0 Å². The molecule has 31 heavy (non-hydrogen) atoms. The fourth-order valence-corrected chi connectivity index (χ4v) is 12.1. The Balaban J connectivity index is 4.37. The van der Waals surface area contributed by atoms with Gasteiger partial charge in [-0.3, -0.25) is 0 Å². The summed E-state index contributed by atoms with van der Waals surface area (Å²) in [6, 6.07) is 0. The number of rotatable bonds is 25. The van der Waals surface area contributed by atoms with E-state index in [1.165, 1.54) is 159 Å². The summed E-state index contributed by atoms with van der Waals surface area (Å²) in [5, 5.41) is 0. The van der Waals surface area contributed by atoms with E-state index >= 15 is 0 Å². The average molecular weight is 477 g/mol. The molecule has 190 valence electrons. The van der Waals surface area contributed by atoms with Gasteiger partial charge >= 0.3 is 191 Å². The van der Waals surface area contributed by atoms with Gasteiger partial charge in [-0.2, -0.15) is 0 Å². The normalized spacial score (nSPS) is 13.4. The second-order valence-corrected chi connectivity index (χ2v) is 19.0. The third kappa shape index (κ3) is 17.8. The molecule has 0 bridgehead atoms. The molecule has 0 aliphatic carbocycles. The summed E-state index contributed by atoms with van der Waals surface area (Å²) >= 11 is 7.87. The van der Waals surface area contributed by atoms with Crippen LogP contribution >= 0.6 is 17.2 Å². The molecule has 0 radical (unpaired) electrons. The van der Waals surface area contributed by atoms with E-state index in [4.69, 9.17) is 11.2 Å². The second kappa shape index (κ2) is 21.3. The number of hydrogen-bond donors (Lipinski definition) is 0. The average Bonchev–Trinajstić information content (AvgIpc) is 2.75. The van der Waals surface area contributed by atoms with Crippen molar-refractivity contribution in [1.82, 2.24) is 0 Å². The topological polar surface area (TPSA) is 0 Å². The Morgan fingerprint density at radius 1 is 0.323 bits per heavy atom. The molecule has 0 saturated carbocycles. The SMILES string of the molecule is CCCCCCCCCCCCCCP(Cl)(CCCCC)(CCCCC)CCCCC. The van der Waals surface area contributed by atoms with E-state index in [-0.39, 0.29) is 0 Å². The standard InChI is InChI=1S/C29H62ClP/c1-5-9-13-14-15-16-17-18-19-20-21-25-29-31(30,26-22-10-6-2,27-23-11-7-3)28-24-12-8-4/h5-29H2,1-4H3. The Morgan fingerprint density at radius 2 is 0.516 bits per heavy atom. The summed E-state index contributed by atoms with van der Waals surface area (Å²) < 4.78 is 0. The molecule has 0 atom stereocenters. The Morgan fingerprint density at radius 3 is 0.806 bits per heavy atom. The first-order chi connectivity index (χ1) is 15.0. The van der Waals surface area contributed by atoms with E-state index in [0.717, 1.165) is 0 Å². The van der Waals surface area contributed by atoms with E-state index in [0.29, 0.717) is 0 Å². The summed E-state index contributed by atoms with van der Waals surface area (Å²) in [5.41, 5.74) is 0. The van der Waals surface area contributed by atoms with Crippen LogP contribution in [-0.4, -0.2) is 24.6 Å². The molecule has 0 rings (SSSR count). The van der Waals surface area contributed by atoms with Crippen molar-refractivity contribution in [2.45, 2.75) is 163 Å².